The third-order valence-electron chi connectivity index (χ3n) is 5.61. The van der Waals surface area contributed by atoms with Crippen LogP contribution in [0, 0.1) is 5.92 Å². The fourth-order valence-corrected chi connectivity index (χ4v) is 3.92. The van der Waals surface area contributed by atoms with Gasteiger partial charge in [-0.25, -0.2) is 0 Å². The number of nitrogens with one attached hydrogen (secondary N) is 1. The fraction of sp³-hybridized carbons (Fsp3) is 0.700. The van der Waals surface area contributed by atoms with Gasteiger partial charge >= 0.3 is 0 Å². The van der Waals surface area contributed by atoms with E-state index in [-0.39, 0.29) is 6.10 Å². The molecule has 0 spiro atoms. The maximum atomic E-state index is 9.64. The van der Waals surface area contributed by atoms with Crippen LogP contribution in [0.2, 0.25) is 0 Å². The average molecular weight is 332 g/mol. The highest BCUT2D eigenvalue weighted by Crippen LogP contribution is 2.23. The minimum atomic E-state index is -0.0954. The highest BCUT2D eigenvalue weighted by Gasteiger charge is 2.30. The summed E-state index contributed by atoms with van der Waals surface area (Å²) in [5.74, 6) is 0.680. The number of hydrogen-bond acceptors (Lipinski definition) is 4. The maximum absolute atomic E-state index is 9.64. The van der Waals surface area contributed by atoms with Crippen molar-refractivity contribution in [2.24, 2.45) is 5.92 Å². The number of nitrogens with zero attached hydrogens (tertiary/aromatic N) is 2. The first-order valence-electron chi connectivity index (χ1n) is 9.51. The van der Waals surface area contributed by atoms with Crippen molar-refractivity contribution in [1.29, 1.82) is 0 Å². The Hall–Kier alpha value is -1.10. The minimum Gasteiger partial charge on any atom is -0.393 e. The second-order valence-electron chi connectivity index (χ2n) is 7.98. The first-order chi connectivity index (χ1) is 11.5. The summed E-state index contributed by atoms with van der Waals surface area (Å²) in [5, 5.41) is 13.4. The molecule has 2 aliphatic rings. The average Bonchev–Trinajstić information content (AvgIpc) is 2.91. The first-order valence-corrected chi connectivity index (χ1v) is 9.51. The molecule has 2 saturated heterocycles. The number of aliphatic hydroxyl groups excluding tert-OH is 1. The third kappa shape index (κ3) is 4.50. The van der Waals surface area contributed by atoms with Gasteiger partial charge in [-0.3, -0.25) is 9.80 Å². The molecule has 2 N–H and O–H groups in total. The van der Waals surface area contributed by atoms with Crippen molar-refractivity contribution in [2.45, 2.75) is 58.3 Å². The van der Waals surface area contributed by atoms with Crippen LogP contribution >= 0.6 is 0 Å². The van der Waals surface area contributed by atoms with Gasteiger partial charge in [0.15, 0.2) is 0 Å². The molecule has 24 heavy (non-hydrogen) atoms. The molecule has 0 saturated carbocycles. The molecule has 2 heterocycles. The lowest BCUT2D eigenvalue weighted by atomic mass is 10.1. The van der Waals surface area contributed by atoms with E-state index in [4.69, 9.17) is 0 Å². The standard InChI is InChI=1S/C20H33N3O/c1-15(2)23-12-16(3)20(14-23)21-18-6-4-5-17(11-18)13-22-9-7-19(24)8-10-22/h4-6,11,15-16,19-21,24H,7-10,12-14H2,1-3H3/t16-,20-/m0/s1. The number of piperidine rings is 1. The Morgan fingerprint density at radius 1 is 1.21 bits per heavy atom. The Balaban J connectivity index is 1.57. The molecule has 4 heteroatoms. The summed E-state index contributed by atoms with van der Waals surface area (Å²) in [7, 11) is 0. The van der Waals surface area contributed by atoms with Gasteiger partial charge in [0.1, 0.15) is 0 Å². The normalized spacial score (nSPS) is 27.0. The highest BCUT2D eigenvalue weighted by atomic mass is 16.3. The summed E-state index contributed by atoms with van der Waals surface area (Å²) in [4.78, 5) is 5.01. The molecule has 3 rings (SSSR count). The fourth-order valence-electron chi connectivity index (χ4n) is 3.92. The van der Waals surface area contributed by atoms with E-state index in [1.54, 1.807) is 0 Å². The van der Waals surface area contributed by atoms with Crippen LogP contribution in [0.5, 0.6) is 0 Å². The van der Waals surface area contributed by atoms with Crippen molar-refractivity contribution in [2.75, 3.05) is 31.5 Å². The first kappa shape index (κ1) is 17.7. The lowest BCUT2D eigenvalue weighted by Gasteiger charge is -2.29. The molecule has 2 fully saturated rings. The van der Waals surface area contributed by atoms with Crippen LogP contribution in [0.1, 0.15) is 39.2 Å². The van der Waals surface area contributed by atoms with E-state index in [0.29, 0.717) is 18.0 Å². The number of anilines is 1. The summed E-state index contributed by atoms with van der Waals surface area (Å²) in [5.41, 5.74) is 2.61. The summed E-state index contributed by atoms with van der Waals surface area (Å²) < 4.78 is 0. The van der Waals surface area contributed by atoms with E-state index in [0.717, 1.165) is 39.0 Å². The van der Waals surface area contributed by atoms with Gasteiger partial charge in [-0.2, -0.15) is 0 Å². The predicted octanol–water partition coefficient (Wildman–Crippen LogP) is 2.78. The lowest BCUT2D eigenvalue weighted by Crippen LogP contribution is -2.35. The van der Waals surface area contributed by atoms with Crippen LogP contribution in [0.4, 0.5) is 5.69 Å². The van der Waals surface area contributed by atoms with Crippen molar-refractivity contribution in [3.63, 3.8) is 0 Å². The van der Waals surface area contributed by atoms with Crippen molar-refractivity contribution in [3.05, 3.63) is 29.8 Å². The summed E-state index contributed by atoms with van der Waals surface area (Å²) in [6, 6.07) is 10.0. The van der Waals surface area contributed by atoms with Crippen LogP contribution in [0.3, 0.4) is 0 Å². The molecular weight excluding hydrogens is 298 g/mol. The third-order valence-corrected chi connectivity index (χ3v) is 5.61. The summed E-state index contributed by atoms with van der Waals surface area (Å²) in [6.07, 6.45) is 1.72. The molecule has 0 bridgehead atoms. The molecule has 0 amide bonds. The van der Waals surface area contributed by atoms with Gasteiger partial charge in [-0.15, -0.1) is 0 Å². The molecule has 134 valence electrons. The molecule has 2 atom stereocenters. The van der Waals surface area contributed by atoms with Crippen LogP contribution in [-0.4, -0.2) is 59.3 Å². The molecule has 1 aromatic carbocycles. The Bertz CT molecular complexity index is 525. The Kier molecular flexibility index (Phi) is 5.80. The van der Waals surface area contributed by atoms with Crippen LogP contribution in [-0.2, 0) is 6.54 Å². The van der Waals surface area contributed by atoms with E-state index in [9.17, 15) is 5.11 Å². The number of rotatable bonds is 5. The lowest BCUT2D eigenvalue weighted by molar-refractivity contribution is 0.0792. The number of hydrogen-bond donors (Lipinski definition) is 2. The zero-order valence-corrected chi connectivity index (χ0v) is 15.4. The summed E-state index contributed by atoms with van der Waals surface area (Å²) >= 11 is 0. The predicted molar refractivity (Wildman–Crippen MR) is 100 cm³/mol. The van der Waals surface area contributed by atoms with Crippen LogP contribution in [0.15, 0.2) is 24.3 Å². The van der Waals surface area contributed by atoms with E-state index in [1.165, 1.54) is 17.8 Å². The Morgan fingerprint density at radius 3 is 2.62 bits per heavy atom. The minimum absolute atomic E-state index is 0.0954. The van der Waals surface area contributed by atoms with Crippen LogP contribution in [0.25, 0.3) is 0 Å². The van der Waals surface area contributed by atoms with E-state index in [1.807, 2.05) is 0 Å². The van der Waals surface area contributed by atoms with Crippen molar-refractivity contribution >= 4 is 5.69 Å². The Morgan fingerprint density at radius 2 is 1.96 bits per heavy atom. The van der Waals surface area contributed by atoms with Gasteiger partial charge < -0.3 is 10.4 Å². The van der Waals surface area contributed by atoms with Crippen molar-refractivity contribution in [1.82, 2.24) is 9.80 Å². The van der Waals surface area contributed by atoms with Gasteiger partial charge in [0.25, 0.3) is 0 Å². The van der Waals surface area contributed by atoms with E-state index < -0.39 is 0 Å². The second kappa shape index (κ2) is 7.85. The molecule has 4 nitrogen and oxygen atoms in total. The quantitative estimate of drug-likeness (QED) is 0.870. The van der Waals surface area contributed by atoms with E-state index in [2.05, 4.69) is 60.2 Å². The van der Waals surface area contributed by atoms with Crippen molar-refractivity contribution in [3.8, 4) is 0 Å². The number of aliphatic hydroxyl groups is 1. The number of benzene rings is 1. The molecule has 0 radical (unpaired) electrons. The molecular formula is C20H33N3O. The highest BCUT2D eigenvalue weighted by molar-refractivity contribution is 5.47. The van der Waals surface area contributed by atoms with Gasteiger partial charge in [-0.05, 0) is 50.3 Å². The molecule has 0 aliphatic carbocycles. The molecule has 0 aromatic heterocycles. The zero-order valence-electron chi connectivity index (χ0n) is 15.4. The van der Waals surface area contributed by atoms with Gasteiger partial charge in [-0.1, -0.05) is 19.1 Å². The topological polar surface area (TPSA) is 38.7 Å². The maximum Gasteiger partial charge on any atom is 0.0564 e. The van der Waals surface area contributed by atoms with E-state index >= 15 is 0 Å². The van der Waals surface area contributed by atoms with Gasteiger partial charge in [0.2, 0.25) is 0 Å². The largest absolute Gasteiger partial charge is 0.393 e. The molecule has 0 unspecified atom stereocenters. The van der Waals surface area contributed by atoms with Crippen LogP contribution < -0.4 is 5.32 Å². The molecule has 2 aliphatic heterocycles. The monoisotopic (exact) mass is 331 g/mol. The Labute approximate surface area is 146 Å². The second-order valence-corrected chi connectivity index (χ2v) is 7.98. The smallest absolute Gasteiger partial charge is 0.0564 e. The zero-order chi connectivity index (χ0) is 17.1. The summed E-state index contributed by atoms with van der Waals surface area (Å²) in [6.45, 7) is 12.2. The SMILES string of the molecule is CC(C)N1C[C@H](Nc2cccc(CN3CCC(O)CC3)c2)[C@@H](C)C1. The number of likely N-dealkylation sites (tertiary alicyclic amines) is 2. The van der Waals surface area contributed by atoms with Gasteiger partial charge in [0.05, 0.1) is 6.10 Å². The van der Waals surface area contributed by atoms with Gasteiger partial charge in [0, 0.05) is 50.5 Å². The van der Waals surface area contributed by atoms with Crippen molar-refractivity contribution < 1.29 is 5.11 Å². The molecule has 1 aromatic rings.